The van der Waals surface area contributed by atoms with E-state index in [4.69, 9.17) is 0 Å². The minimum Gasteiger partial charge on any atom is -0.352 e. The van der Waals surface area contributed by atoms with Crippen LogP contribution < -0.4 is 10.6 Å². The summed E-state index contributed by atoms with van der Waals surface area (Å²) in [7, 11) is 0. The van der Waals surface area contributed by atoms with E-state index in [-0.39, 0.29) is 23.7 Å². The van der Waals surface area contributed by atoms with Gasteiger partial charge in [0.1, 0.15) is 0 Å². The molecule has 0 spiro atoms. The Hall–Kier alpha value is -1.62. The lowest BCUT2D eigenvalue weighted by molar-refractivity contribution is -0.128. The maximum Gasteiger partial charge on any atom is 0.227 e. The van der Waals surface area contributed by atoms with E-state index in [1.807, 2.05) is 25.1 Å². The zero-order chi connectivity index (χ0) is 16.8. The van der Waals surface area contributed by atoms with Gasteiger partial charge in [-0.25, -0.2) is 0 Å². The number of hydrogen-bond acceptors (Lipinski definition) is 2. The number of amides is 2. The summed E-state index contributed by atoms with van der Waals surface area (Å²) in [5.41, 5.74) is 1.94. The van der Waals surface area contributed by atoms with E-state index in [1.54, 1.807) is 6.08 Å². The van der Waals surface area contributed by atoms with Gasteiger partial charge in [-0.3, -0.25) is 9.59 Å². The van der Waals surface area contributed by atoms with Crippen LogP contribution in [0.3, 0.4) is 0 Å². The van der Waals surface area contributed by atoms with Crippen molar-refractivity contribution in [2.75, 3.05) is 11.9 Å². The fraction of sp³-hybridized carbons (Fsp3) is 0.444. The second kappa shape index (κ2) is 8.29. The van der Waals surface area contributed by atoms with Crippen molar-refractivity contribution in [2.24, 2.45) is 11.8 Å². The number of carbonyl (C=O) groups is 2. The highest BCUT2D eigenvalue weighted by Crippen LogP contribution is 2.31. The summed E-state index contributed by atoms with van der Waals surface area (Å²) in [6, 6.07) is 5.86. The molecule has 0 saturated heterocycles. The number of benzene rings is 1. The molecular weight excluding hydrogens is 356 g/mol. The molecule has 1 saturated carbocycles. The number of hydrogen-bond donors (Lipinski definition) is 2. The maximum absolute atomic E-state index is 12.4. The number of nitrogens with one attached hydrogen (secondary N) is 2. The first-order chi connectivity index (χ1) is 11.0. The Bertz CT molecular complexity index is 593. The quantitative estimate of drug-likeness (QED) is 0.765. The van der Waals surface area contributed by atoms with Gasteiger partial charge in [0.15, 0.2) is 0 Å². The third-order valence-electron chi connectivity index (χ3n) is 4.27. The Morgan fingerprint density at radius 1 is 1.22 bits per heavy atom. The second-order valence-corrected chi connectivity index (χ2v) is 6.91. The highest BCUT2D eigenvalue weighted by molar-refractivity contribution is 9.10. The van der Waals surface area contributed by atoms with Gasteiger partial charge in [-0.15, -0.1) is 6.58 Å². The molecule has 1 aliphatic carbocycles. The zero-order valence-electron chi connectivity index (χ0n) is 13.4. The molecule has 1 aromatic carbocycles. The van der Waals surface area contributed by atoms with Gasteiger partial charge in [-0.1, -0.05) is 12.1 Å². The van der Waals surface area contributed by atoms with E-state index in [0.29, 0.717) is 6.54 Å². The Labute approximate surface area is 145 Å². The van der Waals surface area contributed by atoms with Gasteiger partial charge < -0.3 is 10.6 Å². The van der Waals surface area contributed by atoms with Crippen LogP contribution in [0.25, 0.3) is 0 Å². The molecule has 4 nitrogen and oxygen atoms in total. The monoisotopic (exact) mass is 378 g/mol. The van der Waals surface area contributed by atoms with Crippen molar-refractivity contribution in [3.8, 4) is 0 Å². The van der Waals surface area contributed by atoms with E-state index in [0.717, 1.165) is 41.4 Å². The fourth-order valence-corrected chi connectivity index (χ4v) is 3.48. The summed E-state index contributed by atoms with van der Waals surface area (Å²) in [6.45, 7) is 6.10. The Balaban J connectivity index is 1.86. The predicted octanol–water partition coefficient (Wildman–Crippen LogP) is 3.80. The van der Waals surface area contributed by atoms with E-state index >= 15 is 0 Å². The Morgan fingerprint density at radius 2 is 1.83 bits per heavy atom. The second-order valence-electron chi connectivity index (χ2n) is 6.05. The molecule has 1 aromatic rings. The highest BCUT2D eigenvalue weighted by Gasteiger charge is 2.29. The molecule has 2 rings (SSSR count). The lowest BCUT2D eigenvalue weighted by Crippen LogP contribution is -2.35. The van der Waals surface area contributed by atoms with Gasteiger partial charge >= 0.3 is 0 Å². The molecule has 0 aliphatic heterocycles. The number of anilines is 1. The summed E-state index contributed by atoms with van der Waals surface area (Å²) >= 11 is 3.48. The molecule has 23 heavy (non-hydrogen) atoms. The molecule has 1 fully saturated rings. The molecule has 2 N–H and O–H groups in total. The number of aryl methyl sites for hydroxylation is 1. The predicted molar refractivity (Wildman–Crippen MR) is 96.2 cm³/mol. The SMILES string of the molecule is C=CCNC(=O)C1CCC(C(=O)Nc2ccc(C)cc2Br)CC1. The third kappa shape index (κ3) is 4.93. The van der Waals surface area contributed by atoms with E-state index in [1.165, 1.54) is 0 Å². The molecule has 0 atom stereocenters. The molecule has 2 amide bonds. The molecule has 0 aromatic heterocycles. The minimum absolute atomic E-state index is 0.0186. The van der Waals surface area contributed by atoms with E-state index in [9.17, 15) is 9.59 Å². The number of carbonyl (C=O) groups excluding carboxylic acids is 2. The van der Waals surface area contributed by atoms with Crippen molar-refractivity contribution in [2.45, 2.75) is 32.6 Å². The van der Waals surface area contributed by atoms with Crippen LogP contribution in [0.15, 0.2) is 35.3 Å². The molecule has 0 bridgehead atoms. The third-order valence-corrected chi connectivity index (χ3v) is 4.93. The fourth-order valence-electron chi connectivity index (χ4n) is 2.89. The van der Waals surface area contributed by atoms with Crippen LogP contribution in [0.1, 0.15) is 31.2 Å². The normalized spacial score (nSPS) is 20.6. The van der Waals surface area contributed by atoms with Crippen molar-refractivity contribution >= 4 is 33.4 Å². The summed E-state index contributed by atoms with van der Waals surface area (Å²) in [4.78, 5) is 24.3. The average Bonchev–Trinajstić information content (AvgIpc) is 2.55. The molecule has 124 valence electrons. The van der Waals surface area contributed by atoms with Gasteiger partial charge in [0.25, 0.3) is 0 Å². The van der Waals surface area contributed by atoms with Gasteiger partial charge in [0.2, 0.25) is 11.8 Å². The van der Waals surface area contributed by atoms with Crippen LogP contribution in [0.2, 0.25) is 0 Å². The average molecular weight is 379 g/mol. The van der Waals surface area contributed by atoms with E-state index in [2.05, 4.69) is 33.1 Å². The summed E-state index contributed by atoms with van der Waals surface area (Å²) in [6.07, 6.45) is 4.70. The van der Waals surface area contributed by atoms with Crippen molar-refractivity contribution in [1.82, 2.24) is 5.32 Å². The first-order valence-corrected chi connectivity index (χ1v) is 8.76. The first kappa shape index (κ1) is 17.7. The molecule has 1 aliphatic rings. The number of rotatable bonds is 5. The van der Waals surface area contributed by atoms with Gasteiger partial charge in [-0.2, -0.15) is 0 Å². The zero-order valence-corrected chi connectivity index (χ0v) is 15.0. The van der Waals surface area contributed by atoms with Crippen LogP contribution in [-0.2, 0) is 9.59 Å². The molecular formula is C18H23BrN2O2. The maximum atomic E-state index is 12.4. The van der Waals surface area contributed by atoms with Crippen LogP contribution >= 0.6 is 15.9 Å². The van der Waals surface area contributed by atoms with Gasteiger partial charge in [-0.05, 0) is 66.2 Å². The van der Waals surface area contributed by atoms with Crippen molar-refractivity contribution < 1.29 is 9.59 Å². The van der Waals surface area contributed by atoms with Crippen molar-refractivity contribution in [3.63, 3.8) is 0 Å². The van der Waals surface area contributed by atoms with Crippen molar-refractivity contribution in [3.05, 3.63) is 40.9 Å². The van der Waals surface area contributed by atoms with Crippen LogP contribution in [-0.4, -0.2) is 18.4 Å². The smallest absolute Gasteiger partial charge is 0.227 e. The lowest BCUT2D eigenvalue weighted by atomic mass is 9.81. The van der Waals surface area contributed by atoms with E-state index < -0.39 is 0 Å². The Morgan fingerprint density at radius 3 is 2.39 bits per heavy atom. The van der Waals surface area contributed by atoms with Crippen LogP contribution in [0.4, 0.5) is 5.69 Å². The van der Waals surface area contributed by atoms with Crippen LogP contribution in [0.5, 0.6) is 0 Å². The van der Waals surface area contributed by atoms with Gasteiger partial charge in [0, 0.05) is 22.9 Å². The highest BCUT2D eigenvalue weighted by atomic mass is 79.9. The largest absolute Gasteiger partial charge is 0.352 e. The molecule has 5 heteroatoms. The molecule has 0 radical (unpaired) electrons. The standard InChI is InChI=1S/C18H23BrN2O2/c1-3-10-20-17(22)13-5-7-14(8-6-13)18(23)21-16-9-4-12(2)11-15(16)19/h3-4,9,11,13-14H,1,5-8,10H2,2H3,(H,20,22)(H,21,23). The summed E-state index contributed by atoms with van der Waals surface area (Å²) in [5, 5.41) is 5.82. The summed E-state index contributed by atoms with van der Waals surface area (Å²) in [5.74, 6) is 0.112. The summed E-state index contributed by atoms with van der Waals surface area (Å²) < 4.78 is 0.892. The molecule has 0 unspecified atom stereocenters. The van der Waals surface area contributed by atoms with Crippen LogP contribution in [0, 0.1) is 18.8 Å². The topological polar surface area (TPSA) is 58.2 Å². The van der Waals surface area contributed by atoms with Crippen molar-refractivity contribution in [1.29, 1.82) is 0 Å². The Kier molecular flexibility index (Phi) is 6.39. The number of halogens is 1. The first-order valence-electron chi connectivity index (χ1n) is 7.97. The molecule has 0 heterocycles. The minimum atomic E-state index is -0.0216. The lowest BCUT2D eigenvalue weighted by Gasteiger charge is -2.27. The van der Waals surface area contributed by atoms with Gasteiger partial charge in [0.05, 0.1) is 5.69 Å².